The van der Waals surface area contributed by atoms with Crippen LogP contribution < -0.4 is 5.32 Å². The van der Waals surface area contributed by atoms with Crippen LogP contribution in [0.4, 0.5) is 18.0 Å². The van der Waals surface area contributed by atoms with Crippen LogP contribution in [0, 0.1) is 0 Å². The number of alkyl carbamates (subject to hydrolysis) is 1. The van der Waals surface area contributed by atoms with Crippen molar-refractivity contribution in [1.82, 2.24) is 20.0 Å². The predicted octanol–water partition coefficient (Wildman–Crippen LogP) is 5.19. The van der Waals surface area contributed by atoms with E-state index in [4.69, 9.17) is 4.74 Å². The monoisotopic (exact) mass is 536 g/mol. The molecule has 1 aromatic heterocycles. The SMILES string of the molecule is COC(=O)NCCCc1cc(C(C)N(C(=O)[C@H]2CCC[C@@H](C)O2)C2CC2)nn1-c1ccccc1C(F)(F)F. The van der Waals surface area contributed by atoms with Crippen LogP contribution >= 0.6 is 0 Å². The molecule has 8 nitrogen and oxygen atoms in total. The third-order valence-corrected chi connectivity index (χ3v) is 7.09. The van der Waals surface area contributed by atoms with Gasteiger partial charge < -0.3 is 19.7 Å². The molecule has 208 valence electrons. The van der Waals surface area contributed by atoms with Crippen molar-refractivity contribution in [1.29, 1.82) is 0 Å². The van der Waals surface area contributed by atoms with Gasteiger partial charge in [-0.3, -0.25) is 4.79 Å². The van der Waals surface area contributed by atoms with Crippen LogP contribution in [-0.4, -0.2) is 58.6 Å². The number of amides is 2. The number of carbonyl (C=O) groups is 2. The van der Waals surface area contributed by atoms with Gasteiger partial charge >= 0.3 is 12.3 Å². The quantitative estimate of drug-likeness (QED) is 0.446. The number of benzene rings is 1. The van der Waals surface area contributed by atoms with E-state index in [9.17, 15) is 22.8 Å². The molecular weight excluding hydrogens is 501 g/mol. The number of ether oxygens (including phenoxy) is 2. The minimum absolute atomic E-state index is 0.0114. The summed E-state index contributed by atoms with van der Waals surface area (Å²) < 4.78 is 53.5. The summed E-state index contributed by atoms with van der Waals surface area (Å²) in [6, 6.07) is 6.70. The molecule has 38 heavy (non-hydrogen) atoms. The number of para-hydroxylation sites is 1. The molecule has 1 unspecified atom stereocenters. The first-order valence-electron chi connectivity index (χ1n) is 13.1. The number of carbonyl (C=O) groups excluding carboxylic acids is 2. The first-order valence-corrected chi connectivity index (χ1v) is 13.1. The largest absolute Gasteiger partial charge is 0.453 e. The van der Waals surface area contributed by atoms with Crippen molar-refractivity contribution in [3.8, 4) is 5.69 Å². The zero-order valence-electron chi connectivity index (χ0n) is 22.0. The summed E-state index contributed by atoms with van der Waals surface area (Å²) in [7, 11) is 1.26. The van der Waals surface area contributed by atoms with Crippen molar-refractivity contribution in [2.24, 2.45) is 0 Å². The van der Waals surface area contributed by atoms with Crippen LogP contribution in [0.15, 0.2) is 30.3 Å². The predicted molar refractivity (Wildman–Crippen MR) is 134 cm³/mol. The van der Waals surface area contributed by atoms with Crippen molar-refractivity contribution >= 4 is 12.0 Å². The second kappa shape index (κ2) is 11.8. The van der Waals surface area contributed by atoms with Crippen LogP contribution in [0.1, 0.15) is 75.4 Å². The maximum absolute atomic E-state index is 13.9. The van der Waals surface area contributed by atoms with E-state index in [0.29, 0.717) is 30.7 Å². The Bertz CT molecular complexity index is 1130. The molecule has 0 radical (unpaired) electrons. The standard InChI is InChI=1S/C27H35F3N4O4/c1-17-8-6-12-24(38-17)25(35)33(19-13-14-19)18(2)22-16-20(9-7-15-31-26(36)37-3)34(32-22)23-11-5-4-10-21(23)27(28,29)30/h4-5,10-11,16-19,24H,6-9,12-15H2,1-3H3,(H,31,36)/t17-,18?,24-/m1/s1. The molecule has 1 aliphatic heterocycles. The molecule has 1 aliphatic carbocycles. The number of methoxy groups -OCH3 is 1. The lowest BCUT2D eigenvalue weighted by molar-refractivity contribution is -0.154. The Hall–Kier alpha value is -3.08. The van der Waals surface area contributed by atoms with Gasteiger partial charge in [-0.25, -0.2) is 9.48 Å². The molecule has 2 aromatic rings. The Morgan fingerprint density at radius 3 is 2.63 bits per heavy atom. The number of halogens is 3. The lowest BCUT2D eigenvalue weighted by Crippen LogP contribution is -2.45. The van der Waals surface area contributed by atoms with Crippen LogP contribution in [0.2, 0.25) is 0 Å². The van der Waals surface area contributed by atoms with Crippen LogP contribution in [0.5, 0.6) is 0 Å². The van der Waals surface area contributed by atoms with E-state index in [-0.39, 0.29) is 30.3 Å². The van der Waals surface area contributed by atoms with Gasteiger partial charge in [0.15, 0.2) is 0 Å². The Morgan fingerprint density at radius 1 is 1.24 bits per heavy atom. The van der Waals surface area contributed by atoms with E-state index in [1.807, 2.05) is 18.7 Å². The van der Waals surface area contributed by atoms with Gasteiger partial charge in [-0.15, -0.1) is 0 Å². The molecule has 2 fully saturated rings. The van der Waals surface area contributed by atoms with Crippen molar-refractivity contribution in [2.75, 3.05) is 13.7 Å². The first-order chi connectivity index (χ1) is 18.1. The summed E-state index contributed by atoms with van der Waals surface area (Å²) in [6.45, 7) is 4.12. The van der Waals surface area contributed by atoms with Gasteiger partial charge in [-0.05, 0) is 77.0 Å². The van der Waals surface area contributed by atoms with Crippen LogP contribution in [0.25, 0.3) is 5.69 Å². The summed E-state index contributed by atoms with van der Waals surface area (Å²) in [6.07, 6.45) is -0.586. The molecule has 1 saturated carbocycles. The van der Waals surface area contributed by atoms with E-state index in [1.54, 1.807) is 12.1 Å². The Balaban J connectivity index is 1.65. The van der Waals surface area contributed by atoms with E-state index in [0.717, 1.165) is 31.7 Å². The zero-order chi connectivity index (χ0) is 27.4. The van der Waals surface area contributed by atoms with E-state index in [2.05, 4.69) is 15.2 Å². The number of hydrogen-bond acceptors (Lipinski definition) is 5. The topological polar surface area (TPSA) is 85.7 Å². The number of aryl methyl sites for hydroxylation is 1. The van der Waals surface area contributed by atoms with Crippen LogP contribution in [0.3, 0.4) is 0 Å². The molecule has 2 aliphatic rings. The molecular formula is C27H35F3N4O4. The summed E-state index contributed by atoms with van der Waals surface area (Å²) in [4.78, 5) is 26.8. The number of rotatable bonds is 9. The third-order valence-electron chi connectivity index (χ3n) is 7.09. The molecule has 11 heteroatoms. The summed E-state index contributed by atoms with van der Waals surface area (Å²) in [5.41, 5.74) is 0.196. The molecule has 2 heterocycles. The minimum atomic E-state index is -4.57. The average Bonchev–Trinajstić information content (AvgIpc) is 3.63. The maximum Gasteiger partial charge on any atom is 0.418 e. The highest BCUT2D eigenvalue weighted by Gasteiger charge is 2.41. The van der Waals surface area contributed by atoms with E-state index < -0.39 is 30.0 Å². The van der Waals surface area contributed by atoms with Gasteiger partial charge in [-0.2, -0.15) is 18.3 Å². The zero-order valence-corrected chi connectivity index (χ0v) is 22.0. The molecule has 0 spiro atoms. The van der Waals surface area contributed by atoms with Gasteiger partial charge in [-0.1, -0.05) is 12.1 Å². The van der Waals surface area contributed by atoms with Gasteiger partial charge in [0.2, 0.25) is 0 Å². The second-order valence-electron chi connectivity index (χ2n) is 10.0. The highest BCUT2D eigenvalue weighted by atomic mass is 19.4. The van der Waals surface area contributed by atoms with Crippen molar-refractivity contribution in [3.63, 3.8) is 0 Å². The number of aromatic nitrogens is 2. The first kappa shape index (κ1) is 27.9. The average molecular weight is 537 g/mol. The molecule has 2 amide bonds. The molecule has 4 rings (SSSR count). The Labute approximate surface area is 220 Å². The lowest BCUT2D eigenvalue weighted by atomic mass is 10.0. The fraction of sp³-hybridized carbons (Fsp3) is 0.593. The van der Waals surface area contributed by atoms with E-state index >= 15 is 0 Å². The second-order valence-corrected chi connectivity index (χ2v) is 10.0. The molecule has 1 aromatic carbocycles. The van der Waals surface area contributed by atoms with Gasteiger partial charge in [0.25, 0.3) is 5.91 Å². The van der Waals surface area contributed by atoms with Gasteiger partial charge in [0.05, 0.1) is 36.2 Å². The summed E-state index contributed by atoms with van der Waals surface area (Å²) in [5, 5.41) is 7.21. The smallest absolute Gasteiger partial charge is 0.418 e. The van der Waals surface area contributed by atoms with Crippen molar-refractivity contribution in [3.05, 3.63) is 47.3 Å². The van der Waals surface area contributed by atoms with Crippen molar-refractivity contribution in [2.45, 2.75) is 89.3 Å². The number of nitrogens with one attached hydrogen (secondary N) is 1. The fourth-order valence-electron chi connectivity index (χ4n) is 5.00. The maximum atomic E-state index is 13.9. The highest BCUT2D eigenvalue weighted by Crippen LogP contribution is 2.38. The summed E-state index contributed by atoms with van der Waals surface area (Å²) in [5.74, 6) is -0.0828. The molecule has 1 N–H and O–H groups in total. The van der Waals surface area contributed by atoms with E-state index in [1.165, 1.54) is 23.9 Å². The number of alkyl halides is 3. The van der Waals surface area contributed by atoms with Crippen molar-refractivity contribution < 1.29 is 32.2 Å². The Morgan fingerprint density at radius 2 is 1.97 bits per heavy atom. The lowest BCUT2D eigenvalue weighted by Gasteiger charge is -2.35. The number of nitrogens with zero attached hydrogens (tertiary/aromatic N) is 3. The highest BCUT2D eigenvalue weighted by molar-refractivity contribution is 5.82. The third kappa shape index (κ3) is 6.48. The fourth-order valence-corrected chi connectivity index (χ4v) is 5.00. The Kier molecular flexibility index (Phi) is 8.64. The molecule has 1 saturated heterocycles. The van der Waals surface area contributed by atoms with Gasteiger partial charge in [0, 0.05) is 18.3 Å². The normalized spacial score (nSPS) is 20.6. The van der Waals surface area contributed by atoms with Gasteiger partial charge in [0.1, 0.15) is 6.10 Å². The molecule has 3 atom stereocenters. The summed E-state index contributed by atoms with van der Waals surface area (Å²) >= 11 is 0. The van der Waals surface area contributed by atoms with Crippen LogP contribution in [-0.2, 0) is 26.9 Å². The molecule has 0 bridgehead atoms. The minimum Gasteiger partial charge on any atom is -0.453 e. The number of hydrogen-bond donors (Lipinski definition) is 1.